The zero-order chi connectivity index (χ0) is 7.82. The molecule has 0 aliphatic carbocycles. The summed E-state index contributed by atoms with van der Waals surface area (Å²) in [6.07, 6.45) is 0. The van der Waals surface area contributed by atoms with Crippen molar-refractivity contribution in [1.82, 2.24) is 0 Å². The van der Waals surface area contributed by atoms with Crippen molar-refractivity contribution in [3.63, 3.8) is 0 Å². The molecular weight excluding hydrogens is 220 g/mol. The number of hydrogen-bond acceptors (Lipinski definition) is 3. The predicted octanol–water partition coefficient (Wildman–Crippen LogP) is -10.0. The van der Waals surface area contributed by atoms with Gasteiger partial charge >= 0.3 is 88.7 Å². The maximum Gasteiger partial charge on any atom is 1.00 e. The van der Waals surface area contributed by atoms with Gasteiger partial charge in [-0.2, -0.15) is 0 Å². The van der Waals surface area contributed by atoms with E-state index in [1.807, 2.05) is 36.4 Å². The van der Waals surface area contributed by atoms with E-state index in [4.69, 9.17) is 14.7 Å². The van der Waals surface area contributed by atoms with E-state index in [2.05, 4.69) is 0 Å². The van der Waals surface area contributed by atoms with Crippen LogP contribution >= 0.6 is 8.60 Å². The Bertz CT molecular complexity index is 124. The Morgan fingerprint density at radius 2 is 0.615 bits per heavy atom. The fraction of sp³-hybridized carbons (Fsp3) is 0. The van der Waals surface area contributed by atoms with Gasteiger partial charge in [0.15, 0.2) is 0 Å². The Labute approximate surface area is 146 Å². The SMILES string of the molecule is [Na+].[Na+].[Na+].[O-]P([O-])[O-].c1ccccc1. The number of hydrogen-bond donors (Lipinski definition) is 0. The van der Waals surface area contributed by atoms with E-state index in [1.54, 1.807) is 0 Å². The van der Waals surface area contributed by atoms with Gasteiger partial charge in [-0.15, -0.1) is 0 Å². The largest absolute Gasteiger partial charge is 1.00 e. The van der Waals surface area contributed by atoms with Crippen molar-refractivity contribution in [3.05, 3.63) is 36.4 Å². The summed E-state index contributed by atoms with van der Waals surface area (Å²) in [5.41, 5.74) is 0. The van der Waals surface area contributed by atoms with Crippen LogP contribution in [-0.4, -0.2) is 0 Å². The molecule has 0 heterocycles. The third kappa shape index (κ3) is 31.4. The van der Waals surface area contributed by atoms with Crippen LogP contribution < -0.4 is 103 Å². The first-order chi connectivity index (χ1) is 4.73. The molecule has 0 aromatic heterocycles. The van der Waals surface area contributed by atoms with Crippen molar-refractivity contribution in [2.45, 2.75) is 0 Å². The van der Waals surface area contributed by atoms with Crippen molar-refractivity contribution >= 4 is 8.60 Å². The van der Waals surface area contributed by atoms with E-state index in [9.17, 15) is 0 Å². The zero-order valence-corrected chi connectivity index (χ0v) is 15.0. The van der Waals surface area contributed by atoms with Crippen LogP contribution in [0.1, 0.15) is 0 Å². The average molecular weight is 226 g/mol. The molecule has 0 aliphatic rings. The summed E-state index contributed by atoms with van der Waals surface area (Å²) in [7, 11) is -3.37. The van der Waals surface area contributed by atoms with Crippen LogP contribution in [0.15, 0.2) is 36.4 Å². The molecule has 56 valence electrons. The standard InChI is InChI=1S/C6H6.3Na.O3P/c1-2-4-6-5-3-1;;;;1-4(2)3/h1-6H;;;;/q;3*+1;-3. The second-order valence-electron chi connectivity index (χ2n) is 1.38. The third-order valence-corrected chi connectivity index (χ3v) is 0.667. The molecule has 0 unspecified atom stereocenters. The zero-order valence-electron chi connectivity index (χ0n) is 8.14. The van der Waals surface area contributed by atoms with Crippen molar-refractivity contribution in [2.75, 3.05) is 0 Å². The van der Waals surface area contributed by atoms with Gasteiger partial charge in [0.1, 0.15) is 0 Å². The van der Waals surface area contributed by atoms with E-state index < -0.39 is 8.60 Å². The average Bonchev–Trinajstić information content (AvgIpc) is 1.90. The minimum Gasteiger partial charge on any atom is -0.854 e. The van der Waals surface area contributed by atoms with Crippen molar-refractivity contribution < 1.29 is 103 Å². The summed E-state index contributed by atoms with van der Waals surface area (Å²) in [5, 5.41) is 0. The maximum atomic E-state index is 8.48. The van der Waals surface area contributed by atoms with Crippen molar-refractivity contribution in [2.24, 2.45) is 0 Å². The summed E-state index contributed by atoms with van der Waals surface area (Å²) in [5.74, 6) is 0. The van der Waals surface area contributed by atoms with Gasteiger partial charge in [0.2, 0.25) is 0 Å². The second kappa shape index (κ2) is 20.0. The van der Waals surface area contributed by atoms with Crippen molar-refractivity contribution in [3.8, 4) is 0 Å². The first-order valence-corrected chi connectivity index (χ1v) is 3.64. The summed E-state index contributed by atoms with van der Waals surface area (Å²) in [6.45, 7) is 0. The normalized spacial score (nSPS) is 6.46. The molecule has 7 heteroatoms. The Morgan fingerprint density at radius 3 is 0.692 bits per heavy atom. The van der Waals surface area contributed by atoms with Gasteiger partial charge in [0, 0.05) is 0 Å². The quantitative estimate of drug-likeness (QED) is 0.326. The Hall–Kier alpha value is 2.53. The molecule has 1 rings (SSSR count). The van der Waals surface area contributed by atoms with E-state index >= 15 is 0 Å². The topological polar surface area (TPSA) is 69.2 Å². The monoisotopic (exact) mass is 226 g/mol. The molecule has 0 saturated carbocycles. The molecular formula is C6H6Na3O3P. The van der Waals surface area contributed by atoms with Gasteiger partial charge in [-0.25, -0.2) is 0 Å². The summed E-state index contributed by atoms with van der Waals surface area (Å²) in [4.78, 5) is 25.4. The molecule has 0 saturated heterocycles. The third-order valence-electron chi connectivity index (χ3n) is 0.667. The molecule has 0 radical (unpaired) electrons. The van der Waals surface area contributed by atoms with Crippen LogP contribution in [0.3, 0.4) is 0 Å². The molecule has 0 fully saturated rings. The van der Waals surface area contributed by atoms with Crippen LogP contribution in [0.4, 0.5) is 0 Å². The van der Waals surface area contributed by atoms with Gasteiger partial charge in [-0.1, -0.05) is 36.4 Å². The molecule has 13 heavy (non-hydrogen) atoms. The van der Waals surface area contributed by atoms with Gasteiger partial charge in [0.25, 0.3) is 0 Å². The van der Waals surface area contributed by atoms with E-state index in [1.165, 1.54) is 0 Å². The summed E-state index contributed by atoms with van der Waals surface area (Å²) >= 11 is 0. The molecule has 0 amide bonds. The summed E-state index contributed by atoms with van der Waals surface area (Å²) < 4.78 is 0. The Kier molecular flexibility index (Phi) is 38.0. The number of rotatable bonds is 0. The van der Waals surface area contributed by atoms with E-state index in [0.29, 0.717) is 0 Å². The molecule has 0 atom stereocenters. The van der Waals surface area contributed by atoms with Crippen LogP contribution in [0, 0.1) is 0 Å². The number of benzene rings is 1. The van der Waals surface area contributed by atoms with Gasteiger partial charge in [-0.05, 0) is 0 Å². The molecule has 1 aromatic rings. The van der Waals surface area contributed by atoms with Gasteiger partial charge in [0.05, 0.1) is 0 Å². The molecule has 0 aliphatic heterocycles. The minimum atomic E-state index is -3.37. The first-order valence-electron chi connectivity index (χ1n) is 2.55. The van der Waals surface area contributed by atoms with Crippen LogP contribution in [0.2, 0.25) is 0 Å². The van der Waals surface area contributed by atoms with Crippen LogP contribution in [0.5, 0.6) is 0 Å². The molecule has 1 aromatic carbocycles. The smallest absolute Gasteiger partial charge is 0.854 e. The molecule has 0 N–H and O–H groups in total. The van der Waals surface area contributed by atoms with Crippen LogP contribution in [0.25, 0.3) is 0 Å². The van der Waals surface area contributed by atoms with Gasteiger partial charge < -0.3 is 23.3 Å². The molecule has 3 nitrogen and oxygen atoms in total. The molecule has 0 spiro atoms. The van der Waals surface area contributed by atoms with E-state index in [-0.39, 0.29) is 88.7 Å². The van der Waals surface area contributed by atoms with Crippen molar-refractivity contribution in [1.29, 1.82) is 0 Å². The fourth-order valence-electron chi connectivity index (χ4n) is 0.385. The molecule has 0 bridgehead atoms. The van der Waals surface area contributed by atoms with Gasteiger partial charge in [-0.3, -0.25) is 0 Å². The maximum absolute atomic E-state index is 8.48. The van der Waals surface area contributed by atoms with Crippen LogP contribution in [-0.2, 0) is 0 Å². The predicted molar refractivity (Wildman–Crippen MR) is 33.4 cm³/mol. The Balaban J connectivity index is -0.0000000536. The fourth-order valence-corrected chi connectivity index (χ4v) is 0.385. The second-order valence-corrected chi connectivity index (χ2v) is 1.83. The first kappa shape index (κ1) is 24.7. The summed E-state index contributed by atoms with van der Waals surface area (Å²) in [6, 6.07) is 12.0. The van der Waals surface area contributed by atoms with E-state index in [0.717, 1.165) is 0 Å². The Morgan fingerprint density at radius 1 is 0.538 bits per heavy atom. The minimum absolute atomic E-state index is 0.